The minimum Gasteiger partial charge on any atom is -0.405 e. The number of hydrogen-bond donors (Lipinski definition) is 0. The average molecular weight is 407 g/mol. The predicted molar refractivity (Wildman–Crippen MR) is 112 cm³/mol. The minimum atomic E-state index is -2.63. The van der Waals surface area contributed by atoms with E-state index in [9.17, 15) is 4.39 Å². The van der Waals surface area contributed by atoms with Gasteiger partial charge in [-0.3, -0.25) is 0 Å². The van der Waals surface area contributed by atoms with Crippen LogP contribution in [0.15, 0.2) is 60.7 Å². The first-order valence-corrected chi connectivity index (χ1v) is 11.7. The fourth-order valence-corrected chi connectivity index (χ4v) is 8.80. The zero-order chi connectivity index (χ0) is 19.7. The highest BCUT2D eigenvalue weighted by Crippen LogP contribution is 2.39. The molecule has 1 aliphatic rings. The summed E-state index contributed by atoms with van der Waals surface area (Å²) in [7, 11) is -2.63. The van der Waals surface area contributed by atoms with E-state index in [4.69, 9.17) is 20.8 Å². The Labute approximate surface area is 167 Å². The fourth-order valence-electron chi connectivity index (χ4n) is 3.97. The van der Waals surface area contributed by atoms with E-state index < -0.39 is 19.5 Å². The Morgan fingerprint density at radius 3 is 1.93 bits per heavy atom. The highest BCUT2D eigenvalue weighted by Gasteiger charge is 2.52. The lowest BCUT2D eigenvalue weighted by atomic mass is 10.1. The van der Waals surface area contributed by atoms with Gasteiger partial charge in [0.05, 0.1) is 12.7 Å². The number of halogens is 2. The second-order valence-electron chi connectivity index (χ2n) is 8.53. The Morgan fingerprint density at radius 1 is 1.07 bits per heavy atom. The van der Waals surface area contributed by atoms with Gasteiger partial charge in [0.2, 0.25) is 0 Å². The molecule has 0 aromatic heterocycles. The summed E-state index contributed by atoms with van der Waals surface area (Å²) in [4.78, 5) is 0. The fraction of sp³-hybridized carbons (Fsp3) is 0.455. The summed E-state index contributed by atoms with van der Waals surface area (Å²) in [6.07, 6.45) is -0.0940. The molecule has 2 aromatic rings. The van der Waals surface area contributed by atoms with E-state index >= 15 is 0 Å². The zero-order valence-electron chi connectivity index (χ0n) is 16.4. The minimum absolute atomic E-state index is 0.117. The first kappa shape index (κ1) is 20.5. The van der Waals surface area contributed by atoms with Gasteiger partial charge in [-0.15, -0.1) is 0 Å². The van der Waals surface area contributed by atoms with E-state index in [0.29, 0.717) is 6.61 Å². The van der Waals surface area contributed by atoms with Crippen molar-refractivity contribution >= 4 is 30.3 Å². The smallest absolute Gasteiger partial charge is 0.261 e. The van der Waals surface area contributed by atoms with Crippen molar-refractivity contribution in [3.63, 3.8) is 0 Å². The van der Waals surface area contributed by atoms with Crippen LogP contribution in [0.25, 0.3) is 0 Å². The van der Waals surface area contributed by atoms with Crippen molar-refractivity contribution in [1.29, 1.82) is 0 Å². The maximum absolute atomic E-state index is 14.5. The first-order valence-electron chi connectivity index (χ1n) is 9.40. The second-order valence-corrected chi connectivity index (χ2v) is 13.2. The molecule has 1 heterocycles. The van der Waals surface area contributed by atoms with E-state index in [1.54, 1.807) is 0 Å². The van der Waals surface area contributed by atoms with E-state index in [-0.39, 0.29) is 17.6 Å². The van der Waals surface area contributed by atoms with Crippen LogP contribution in [0.3, 0.4) is 0 Å². The van der Waals surface area contributed by atoms with Crippen LogP contribution in [0.4, 0.5) is 4.39 Å². The second kappa shape index (κ2) is 7.67. The van der Waals surface area contributed by atoms with Gasteiger partial charge in [0, 0.05) is 6.42 Å². The molecule has 2 nitrogen and oxygen atoms in total. The van der Waals surface area contributed by atoms with Crippen LogP contribution < -0.4 is 10.4 Å². The molecule has 0 aliphatic carbocycles. The largest absolute Gasteiger partial charge is 0.405 e. The van der Waals surface area contributed by atoms with Crippen LogP contribution >= 0.6 is 11.6 Å². The third kappa shape index (κ3) is 3.99. The lowest BCUT2D eigenvalue weighted by Crippen LogP contribution is -2.67. The lowest BCUT2D eigenvalue weighted by Gasteiger charge is -2.43. The number of benzene rings is 2. The molecule has 3 atom stereocenters. The van der Waals surface area contributed by atoms with Gasteiger partial charge in [0.1, 0.15) is 0 Å². The lowest BCUT2D eigenvalue weighted by molar-refractivity contribution is 0.0319. The summed E-state index contributed by atoms with van der Waals surface area (Å²) < 4.78 is 26.9. The molecule has 1 saturated heterocycles. The molecule has 0 N–H and O–H groups in total. The van der Waals surface area contributed by atoms with Crippen molar-refractivity contribution in [2.45, 2.75) is 56.5 Å². The van der Waals surface area contributed by atoms with Gasteiger partial charge in [-0.25, -0.2) is 4.39 Å². The van der Waals surface area contributed by atoms with Crippen LogP contribution in [0.2, 0.25) is 5.04 Å². The number of alkyl halides is 2. The van der Waals surface area contributed by atoms with Gasteiger partial charge < -0.3 is 9.16 Å². The van der Waals surface area contributed by atoms with Crippen LogP contribution in [0.5, 0.6) is 0 Å². The summed E-state index contributed by atoms with van der Waals surface area (Å²) in [5.41, 5.74) is -2.45. The molecule has 0 amide bonds. The van der Waals surface area contributed by atoms with E-state index in [0.717, 1.165) is 0 Å². The monoisotopic (exact) mass is 406 g/mol. The van der Waals surface area contributed by atoms with E-state index in [1.807, 2.05) is 12.1 Å². The quantitative estimate of drug-likeness (QED) is 0.531. The van der Waals surface area contributed by atoms with Crippen LogP contribution in [0, 0.1) is 0 Å². The maximum atomic E-state index is 14.5. The maximum Gasteiger partial charge on any atom is 0.261 e. The van der Waals surface area contributed by atoms with Gasteiger partial charge in [-0.1, -0.05) is 93.0 Å². The molecular formula is C22H28ClFO2Si. The molecule has 146 valence electrons. The molecule has 0 bridgehead atoms. The Hall–Kier alpha value is -1.20. The van der Waals surface area contributed by atoms with Crippen LogP contribution in [-0.4, -0.2) is 32.3 Å². The summed E-state index contributed by atoms with van der Waals surface area (Å²) in [6.45, 7) is 8.48. The van der Waals surface area contributed by atoms with Gasteiger partial charge in [0.15, 0.2) is 11.2 Å². The normalized spacial score (nSPS) is 26.3. The number of ether oxygens (including phenoxy) is 1. The van der Waals surface area contributed by atoms with Crippen molar-refractivity contribution in [3.8, 4) is 0 Å². The molecule has 0 unspecified atom stereocenters. The molecule has 3 rings (SSSR count). The van der Waals surface area contributed by atoms with Gasteiger partial charge in [-0.05, 0) is 22.3 Å². The third-order valence-corrected chi connectivity index (χ3v) is 10.9. The number of rotatable bonds is 5. The SMILES string of the molecule is CC(C)(C)[Si](OC[C@@H]1C[C@@](C)(F)[C@H](Cl)O1)(c1ccccc1)c1ccccc1. The number of hydrogen-bond acceptors (Lipinski definition) is 2. The molecule has 5 heteroatoms. The van der Waals surface area contributed by atoms with Gasteiger partial charge in [-0.2, -0.15) is 0 Å². The molecule has 27 heavy (non-hydrogen) atoms. The first-order chi connectivity index (χ1) is 12.7. The third-order valence-electron chi connectivity index (χ3n) is 5.31. The highest BCUT2D eigenvalue weighted by atomic mass is 35.5. The van der Waals surface area contributed by atoms with Crippen molar-refractivity contribution in [2.75, 3.05) is 6.61 Å². The Morgan fingerprint density at radius 2 is 1.56 bits per heavy atom. The summed E-state index contributed by atoms with van der Waals surface area (Å²) in [5.74, 6) is 0. The molecule has 0 radical (unpaired) electrons. The van der Waals surface area contributed by atoms with Gasteiger partial charge in [0.25, 0.3) is 8.32 Å². The molecular weight excluding hydrogens is 379 g/mol. The Kier molecular flexibility index (Phi) is 5.83. The van der Waals surface area contributed by atoms with Crippen molar-refractivity contribution in [2.24, 2.45) is 0 Å². The van der Waals surface area contributed by atoms with E-state index in [1.165, 1.54) is 17.3 Å². The molecule has 1 aliphatic heterocycles. The van der Waals surface area contributed by atoms with Crippen LogP contribution in [-0.2, 0) is 9.16 Å². The summed E-state index contributed by atoms with van der Waals surface area (Å²) in [6, 6.07) is 20.8. The van der Waals surface area contributed by atoms with Gasteiger partial charge >= 0.3 is 0 Å². The van der Waals surface area contributed by atoms with E-state index in [2.05, 4.69) is 69.3 Å². The molecule has 1 fully saturated rings. The Balaban J connectivity index is 2.00. The molecule has 2 aromatic carbocycles. The standard InChI is InChI=1S/C22H28ClFO2Si/c1-21(2,3)27(18-11-7-5-8-12-18,19-13-9-6-10-14-19)25-16-17-15-22(4,24)20(23)26-17/h5-14,17,20H,15-16H2,1-4H3/t17-,20+,22+/m0/s1. The van der Waals surface area contributed by atoms with Crippen LogP contribution in [0.1, 0.15) is 34.1 Å². The summed E-state index contributed by atoms with van der Waals surface area (Å²) >= 11 is 6.03. The Bertz CT molecular complexity index is 706. The molecule has 0 saturated carbocycles. The topological polar surface area (TPSA) is 18.5 Å². The molecule has 0 spiro atoms. The van der Waals surface area contributed by atoms with Crippen molar-refractivity contribution in [3.05, 3.63) is 60.7 Å². The summed E-state index contributed by atoms with van der Waals surface area (Å²) in [5, 5.41) is 2.28. The highest BCUT2D eigenvalue weighted by molar-refractivity contribution is 6.99. The zero-order valence-corrected chi connectivity index (χ0v) is 18.2. The van der Waals surface area contributed by atoms with Crippen molar-refractivity contribution in [1.82, 2.24) is 0 Å². The predicted octanol–water partition coefficient (Wildman–Crippen LogP) is 4.65. The average Bonchev–Trinajstić information content (AvgIpc) is 2.88. The van der Waals surface area contributed by atoms with Crippen molar-refractivity contribution < 1.29 is 13.6 Å².